The molecular weight excluding hydrogens is 967 g/mol. The number of benzene rings is 2. The molecule has 3 atom stereocenters. The Labute approximate surface area is 436 Å². The van der Waals surface area contributed by atoms with E-state index in [1.54, 1.807) is 34.7 Å². The largest absolute Gasteiger partial charge is 0.391 e. The number of aromatic amines is 1. The first kappa shape index (κ1) is 56.7. The first-order valence-corrected chi connectivity index (χ1v) is 25.8. The van der Waals surface area contributed by atoms with Gasteiger partial charge < -0.3 is 60.8 Å². The molecule has 0 radical (unpaired) electrons. The number of nitrogens with zero attached hydrogens (tertiary/aromatic N) is 3. The van der Waals surface area contributed by atoms with Crippen molar-refractivity contribution in [2.24, 2.45) is 5.41 Å². The van der Waals surface area contributed by atoms with Crippen molar-refractivity contribution in [3.8, 4) is 10.4 Å². The molecule has 0 spiro atoms. The fourth-order valence-corrected chi connectivity index (χ4v) is 9.68. The Bertz CT molecular complexity index is 2750. The molecule has 0 unspecified atom stereocenters. The summed E-state index contributed by atoms with van der Waals surface area (Å²) in [5.41, 5.74) is 8.71. The molecule has 2 aromatic carbocycles. The minimum Gasteiger partial charge on any atom is -0.391 e. The van der Waals surface area contributed by atoms with Gasteiger partial charge in [0.1, 0.15) is 25.3 Å². The van der Waals surface area contributed by atoms with Gasteiger partial charge in [0, 0.05) is 73.9 Å². The van der Waals surface area contributed by atoms with Gasteiger partial charge in [0.15, 0.2) is 0 Å². The average Bonchev–Trinajstić information content (AvgIpc) is 3.98. The van der Waals surface area contributed by atoms with Crippen LogP contribution in [0.15, 0.2) is 58.8 Å². The molecular formula is C54H71N9O10S. The standard InChI is InChI=1S/C54H71N9O10S/c1-32(2)59-44-23-39(22-41(42(44)25-55)50(67)57-27-43-33(3)21-34(4)60-51(43)68)37-13-15-62(16-14-37)47(66)30-73-20-18-71-17-19-72-29-46(65)61-49(54(6,7)8)53(70)63-28-40(64)24-45(63)52(69)56-26-36-9-11-38(12-10-36)48-35(5)58-31-74-48/h9-13,21-23,25,31-32,40,45,49,55,59,64H,14-20,24,26-30H2,1-8H3,(H,56,69)(H,57,67)(H,60,68)(H,61,65)/t40-,45+,49-/m1/s1. The fourth-order valence-electron chi connectivity index (χ4n) is 8.87. The van der Waals surface area contributed by atoms with E-state index >= 15 is 0 Å². The maximum atomic E-state index is 14.0. The van der Waals surface area contributed by atoms with E-state index in [2.05, 4.69) is 31.2 Å². The zero-order valence-electron chi connectivity index (χ0n) is 43.6. The van der Waals surface area contributed by atoms with Crippen LogP contribution in [0.2, 0.25) is 0 Å². The highest BCUT2D eigenvalue weighted by atomic mass is 32.1. The second-order valence-electron chi connectivity index (χ2n) is 20.0. The molecule has 1 saturated heterocycles. The van der Waals surface area contributed by atoms with Gasteiger partial charge >= 0.3 is 0 Å². The zero-order chi connectivity index (χ0) is 53.7. The molecule has 74 heavy (non-hydrogen) atoms. The lowest BCUT2D eigenvalue weighted by molar-refractivity contribution is -0.144. The van der Waals surface area contributed by atoms with E-state index < -0.39 is 47.2 Å². The topological polar surface area (TPSA) is 257 Å². The predicted molar refractivity (Wildman–Crippen MR) is 284 cm³/mol. The van der Waals surface area contributed by atoms with E-state index in [0.29, 0.717) is 41.9 Å². The van der Waals surface area contributed by atoms with Crippen LogP contribution < -0.4 is 26.8 Å². The number of hydrogen-bond donors (Lipinski definition) is 7. The molecule has 6 rings (SSSR count). The van der Waals surface area contributed by atoms with Gasteiger partial charge in [-0.2, -0.15) is 0 Å². The summed E-state index contributed by atoms with van der Waals surface area (Å²) in [7, 11) is 0. The molecule has 2 aromatic heterocycles. The minimum absolute atomic E-state index is 0.0178. The number of aliphatic hydroxyl groups excluding tert-OH is 1. The molecule has 19 nitrogen and oxygen atoms in total. The lowest BCUT2D eigenvalue weighted by atomic mass is 9.85. The Kier molecular flexibility index (Phi) is 20.0. The summed E-state index contributed by atoms with van der Waals surface area (Å²) in [6.07, 6.45) is 2.80. The van der Waals surface area contributed by atoms with E-state index in [4.69, 9.17) is 19.6 Å². The SMILES string of the molecule is Cc1cc(C)c(CNC(=O)c2cc(C3=CCN(C(=O)COCCOCCOCC(=O)N[C@H](C(=O)N4C[C@H](O)C[C@H]4C(=O)NCc4ccc(-c5scnc5C)cc4)C(C)(C)C)CC3)cc(NC(C)C)c2C=N)c(=O)[nH]1. The second kappa shape index (κ2) is 26.1. The zero-order valence-corrected chi connectivity index (χ0v) is 44.5. The number of nitrogens with one attached hydrogen (secondary N) is 6. The number of aryl methyl sites for hydroxylation is 3. The van der Waals surface area contributed by atoms with Crippen molar-refractivity contribution in [1.29, 1.82) is 5.41 Å². The summed E-state index contributed by atoms with van der Waals surface area (Å²) >= 11 is 1.56. The van der Waals surface area contributed by atoms with Crippen LogP contribution in [0.25, 0.3) is 16.0 Å². The van der Waals surface area contributed by atoms with Crippen LogP contribution in [0, 0.1) is 31.6 Å². The number of aliphatic hydroxyl groups is 1. The first-order valence-electron chi connectivity index (χ1n) is 24.9. The number of carbonyl (C=O) groups is 5. The quantitative estimate of drug-likeness (QED) is 0.0396. The molecule has 5 amide bonds. The number of thiazole rings is 1. The number of carbonyl (C=O) groups excluding carboxylic acids is 5. The molecule has 2 aliphatic rings. The monoisotopic (exact) mass is 1040 g/mol. The van der Waals surface area contributed by atoms with Crippen LogP contribution >= 0.6 is 11.3 Å². The maximum Gasteiger partial charge on any atom is 0.253 e. The van der Waals surface area contributed by atoms with Crippen molar-refractivity contribution in [2.45, 2.75) is 106 Å². The highest BCUT2D eigenvalue weighted by Crippen LogP contribution is 2.31. The van der Waals surface area contributed by atoms with Crippen LogP contribution in [0.4, 0.5) is 5.69 Å². The Morgan fingerprint density at radius 1 is 0.946 bits per heavy atom. The number of amides is 5. The van der Waals surface area contributed by atoms with Gasteiger partial charge in [-0.05, 0) is 92.5 Å². The van der Waals surface area contributed by atoms with Crippen LogP contribution in [-0.4, -0.2) is 144 Å². The van der Waals surface area contributed by atoms with Crippen molar-refractivity contribution < 1.29 is 43.3 Å². The second-order valence-corrected chi connectivity index (χ2v) is 20.9. The van der Waals surface area contributed by atoms with Crippen LogP contribution in [0.5, 0.6) is 0 Å². The highest BCUT2D eigenvalue weighted by molar-refractivity contribution is 7.13. The van der Waals surface area contributed by atoms with E-state index in [0.717, 1.165) is 50.3 Å². The Morgan fingerprint density at radius 2 is 1.65 bits per heavy atom. The van der Waals surface area contributed by atoms with Gasteiger partial charge in [0.25, 0.3) is 11.5 Å². The van der Waals surface area contributed by atoms with E-state index in [9.17, 15) is 33.9 Å². The third-order valence-electron chi connectivity index (χ3n) is 12.8. The Hall–Kier alpha value is -6.58. The number of hydrogen-bond acceptors (Lipinski definition) is 14. The molecule has 1 fully saturated rings. The van der Waals surface area contributed by atoms with Gasteiger partial charge in [-0.25, -0.2) is 4.98 Å². The van der Waals surface area contributed by atoms with E-state index in [1.807, 2.05) is 90.9 Å². The Morgan fingerprint density at radius 3 is 2.27 bits per heavy atom. The van der Waals surface area contributed by atoms with Crippen molar-refractivity contribution in [3.63, 3.8) is 0 Å². The van der Waals surface area contributed by atoms with Gasteiger partial charge in [0.2, 0.25) is 23.6 Å². The maximum absolute atomic E-state index is 14.0. The molecule has 20 heteroatoms. The lowest BCUT2D eigenvalue weighted by Crippen LogP contribution is -2.58. The number of aromatic nitrogens is 2. The van der Waals surface area contributed by atoms with Gasteiger partial charge in [0.05, 0.1) is 54.2 Å². The van der Waals surface area contributed by atoms with Gasteiger partial charge in [-0.15, -0.1) is 11.3 Å². The number of rotatable bonds is 23. The summed E-state index contributed by atoms with van der Waals surface area (Å²) in [6, 6.07) is 11.4. The highest BCUT2D eigenvalue weighted by Gasteiger charge is 2.44. The summed E-state index contributed by atoms with van der Waals surface area (Å²) in [5.74, 6) is -2.00. The van der Waals surface area contributed by atoms with Crippen molar-refractivity contribution in [1.82, 2.24) is 35.7 Å². The normalized spacial score (nSPS) is 16.2. The number of likely N-dealkylation sites (tertiary alicyclic amines) is 1. The molecule has 0 bridgehead atoms. The van der Waals surface area contributed by atoms with E-state index in [1.165, 1.54) is 4.90 Å². The fraction of sp³-hybridized carbons (Fsp3) is 0.481. The van der Waals surface area contributed by atoms with Crippen molar-refractivity contribution >= 4 is 58.3 Å². The summed E-state index contributed by atoms with van der Waals surface area (Å²) < 4.78 is 16.7. The van der Waals surface area contributed by atoms with Crippen molar-refractivity contribution in [3.05, 3.63) is 109 Å². The smallest absolute Gasteiger partial charge is 0.253 e. The number of H-pyrrole nitrogens is 1. The Balaban J connectivity index is 0.899. The molecule has 7 N–H and O–H groups in total. The minimum atomic E-state index is -1.00. The van der Waals surface area contributed by atoms with Crippen LogP contribution in [0.3, 0.4) is 0 Å². The van der Waals surface area contributed by atoms with Crippen LogP contribution in [0.1, 0.15) is 97.0 Å². The predicted octanol–water partition coefficient (Wildman–Crippen LogP) is 4.65. The number of anilines is 1. The average molecular weight is 1040 g/mol. The molecule has 0 saturated carbocycles. The number of pyridine rings is 1. The summed E-state index contributed by atoms with van der Waals surface area (Å²) in [5, 5.41) is 30.7. The summed E-state index contributed by atoms with van der Waals surface area (Å²) in [6.45, 7) is 16.0. The lowest BCUT2D eigenvalue weighted by Gasteiger charge is -2.35. The third-order valence-corrected chi connectivity index (χ3v) is 13.8. The van der Waals surface area contributed by atoms with E-state index in [-0.39, 0.29) is 83.2 Å². The van der Waals surface area contributed by atoms with Crippen molar-refractivity contribution in [2.75, 3.05) is 64.6 Å². The number of β-amino-alcohol motifs (C(OH)–C–C–N with tert-alkyl or cyclic N) is 1. The molecule has 4 aromatic rings. The third kappa shape index (κ3) is 15.3. The number of ether oxygens (including phenoxy) is 3. The molecule has 0 aliphatic carbocycles. The van der Waals surface area contributed by atoms with Crippen LogP contribution in [-0.2, 0) is 46.5 Å². The van der Waals surface area contributed by atoms with Gasteiger partial charge in [-0.1, -0.05) is 51.1 Å². The molecule has 4 heterocycles. The summed E-state index contributed by atoms with van der Waals surface area (Å²) in [4.78, 5) is 91.0. The molecule has 2 aliphatic heterocycles. The van der Waals surface area contributed by atoms with Gasteiger partial charge in [-0.3, -0.25) is 28.8 Å². The first-order chi connectivity index (χ1) is 35.2. The molecule has 398 valence electrons.